The number of amidine groups is 1. The molecule has 1 fully saturated rings. The molecule has 2 aliphatic heterocycles. The molecule has 0 unspecified atom stereocenters. The Balaban J connectivity index is 1.15. The van der Waals surface area contributed by atoms with Crippen LogP contribution in [0.2, 0.25) is 0 Å². The number of pyridine rings is 1. The molecule has 0 bridgehead atoms. The number of aromatic nitrogens is 4. The first-order valence-corrected chi connectivity index (χ1v) is 12.9. The molecule has 1 N–H and O–H groups in total. The zero-order valence-electron chi connectivity index (χ0n) is 22.1. The maximum absolute atomic E-state index is 13.3. The van der Waals surface area contributed by atoms with Crippen molar-refractivity contribution >= 4 is 29.2 Å². The molecule has 0 spiro atoms. The number of aliphatic imine (C=N–C) groups is 1. The minimum Gasteiger partial charge on any atom is -0.453 e. The van der Waals surface area contributed by atoms with Gasteiger partial charge in [0.25, 0.3) is 5.91 Å². The molecule has 40 heavy (non-hydrogen) atoms. The summed E-state index contributed by atoms with van der Waals surface area (Å²) in [7, 11) is 1.35. The number of aryl methyl sites for hydroxylation is 2. The SMILES string of the molecule is COC(=O)N1CC(c2nc(-c3ccc(C)c(NC(=O)c4cnc5ccc(CCCC6=NCN=N6)cn45)c3)no2)C1. The zero-order chi connectivity index (χ0) is 27.6. The van der Waals surface area contributed by atoms with E-state index in [1.54, 1.807) is 15.5 Å². The van der Waals surface area contributed by atoms with E-state index in [1.807, 2.05) is 43.5 Å². The van der Waals surface area contributed by atoms with Crippen molar-refractivity contribution in [3.8, 4) is 11.4 Å². The molecule has 2 aliphatic rings. The Kier molecular flexibility index (Phi) is 6.76. The third-order valence-corrected chi connectivity index (χ3v) is 7.02. The van der Waals surface area contributed by atoms with Crippen molar-refractivity contribution < 1.29 is 18.8 Å². The molecule has 13 nitrogen and oxygen atoms in total. The van der Waals surface area contributed by atoms with Crippen LogP contribution in [0.4, 0.5) is 10.5 Å². The van der Waals surface area contributed by atoms with Gasteiger partial charge in [-0.25, -0.2) is 14.8 Å². The van der Waals surface area contributed by atoms with Crippen LogP contribution in [-0.4, -0.2) is 69.1 Å². The summed E-state index contributed by atoms with van der Waals surface area (Å²) < 4.78 is 12.0. The number of likely N-dealkylation sites (tertiary alicyclic amines) is 1. The summed E-state index contributed by atoms with van der Waals surface area (Å²) >= 11 is 0. The van der Waals surface area contributed by atoms with E-state index >= 15 is 0 Å². The number of methoxy groups -OCH3 is 1. The third-order valence-electron chi connectivity index (χ3n) is 7.02. The van der Waals surface area contributed by atoms with E-state index in [0.717, 1.165) is 36.2 Å². The number of ether oxygens (including phenoxy) is 1. The Hall–Kier alpha value is -4.94. The number of azo groups is 1. The molecule has 0 saturated carbocycles. The fourth-order valence-electron chi connectivity index (χ4n) is 4.69. The lowest BCUT2D eigenvalue weighted by Crippen LogP contribution is -2.48. The summed E-state index contributed by atoms with van der Waals surface area (Å²) in [5, 5.41) is 15.0. The van der Waals surface area contributed by atoms with E-state index in [2.05, 4.69) is 35.7 Å². The highest BCUT2D eigenvalue weighted by atomic mass is 16.5. The molecule has 0 radical (unpaired) electrons. The number of hydrogen-bond donors (Lipinski definition) is 1. The molecule has 6 rings (SSSR count). The van der Waals surface area contributed by atoms with Gasteiger partial charge in [-0.2, -0.15) is 10.1 Å². The Labute approximate surface area is 229 Å². The lowest BCUT2D eigenvalue weighted by Gasteiger charge is -2.35. The van der Waals surface area contributed by atoms with Crippen LogP contribution in [0.15, 0.2) is 62.5 Å². The predicted octanol–water partition coefficient (Wildman–Crippen LogP) is 4.26. The summed E-state index contributed by atoms with van der Waals surface area (Å²) in [4.78, 5) is 39.7. The third kappa shape index (κ3) is 5.05. The van der Waals surface area contributed by atoms with Crippen molar-refractivity contribution in [2.45, 2.75) is 32.1 Å². The normalized spacial score (nSPS) is 14.8. The number of hydrogen-bond acceptors (Lipinski definition) is 10. The molecular weight excluding hydrogens is 514 g/mol. The van der Waals surface area contributed by atoms with E-state index in [-0.39, 0.29) is 17.9 Å². The predicted molar refractivity (Wildman–Crippen MR) is 144 cm³/mol. The van der Waals surface area contributed by atoms with E-state index in [0.29, 0.717) is 54.1 Å². The quantitative estimate of drug-likeness (QED) is 0.350. The minimum absolute atomic E-state index is 0.0352. The van der Waals surface area contributed by atoms with Gasteiger partial charge in [0.1, 0.15) is 17.2 Å². The Morgan fingerprint density at radius 3 is 2.85 bits per heavy atom. The minimum atomic E-state index is -0.375. The first-order chi connectivity index (χ1) is 19.5. The lowest BCUT2D eigenvalue weighted by atomic mass is 10.0. The number of fused-ring (bicyclic) bond motifs is 1. The topological polar surface area (TPSA) is 152 Å². The van der Waals surface area contributed by atoms with Crippen LogP contribution in [-0.2, 0) is 11.2 Å². The molecule has 1 aromatic carbocycles. The van der Waals surface area contributed by atoms with Gasteiger partial charge in [-0.05, 0) is 43.0 Å². The van der Waals surface area contributed by atoms with Crippen LogP contribution in [0.3, 0.4) is 0 Å². The molecule has 13 heteroatoms. The molecule has 4 aromatic rings. The first kappa shape index (κ1) is 25.3. The summed E-state index contributed by atoms with van der Waals surface area (Å²) in [5.41, 5.74) is 4.42. The Morgan fingerprint density at radius 2 is 2.05 bits per heavy atom. The summed E-state index contributed by atoms with van der Waals surface area (Å²) in [6, 6.07) is 9.52. The van der Waals surface area contributed by atoms with E-state index < -0.39 is 0 Å². The molecule has 0 aliphatic carbocycles. The molecule has 3 aromatic heterocycles. The van der Waals surface area contributed by atoms with Crippen LogP contribution >= 0.6 is 0 Å². The van der Waals surface area contributed by atoms with Gasteiger partial charge in [-0.3, -0.25) is 9.20 Å². The van der Waals surface area contributed by atoms with Crippen molar-refractivity contribution in [1.82, 2.24) is 24.4 Å². The number of rotatable bonds is 8. The molecule has 204 valence electrons. The van der Waals surface area contributed by atoms with E-state index in [4.69, 9.17) is 9.26 Å². The van der Waals surface area contributed by atoms with Crippen molar-refractivity contribution in [3.63, 3.8) is 0 Å². The highest BCUT2D eigenvalue weighted by molar-refractivity contribution is 6.04. The van der Waals surface area contributed by atoms with Crippen molar-refractivity contribution in [2.24, 2.45) is 15.2 Å². The van der Waals surface area contributed by atoms with E-state index in [9.17, 15) is 9.59 Å². The highest BCUT2D eigenvalue weighted by Gasteiger charge is 2.36. The smallest absolute Gasteiger partial charge is 0.409 e. The van der Waals surface area contributed by atoms with Gasteiger partial charge in [-0.1, -0.05) is 23.4 Å². The fraction of sp³-hybridized carbons (Fsp3) is 0.333. The van der Waals surface area contributed by atoms with Gasteiger partial charge in [-0.15, -0.1) is 5.11 Å². The first-order valence-electron chi connectivity index (χ1n) is 12.9. The average molecular weight is 542 g/mol. The van der Waals surface area contributed by atoms with Gasteiger partial charge < -0.3 is 19.5 Å². The number of carbonyl (C=O) groups excluding carboxylic acids is 2. The number of amides is 2. The van der Waals surface area contributed by atoms with Crippen LogP contribution in [0.5, 0.6) is 0 Å². The number of carbonyl (C=O) groups is 2. The molecular formula is C27H27N9O4. The van der Waals surface area contributed by atoms with Gasteiger partial charge in [0, 0.05) is 37.0 Å². The van der Waals surface area contributed by atoms with Gasteiger partial charge >= 0.3 is 6.09 Å². The maximum Gasteiger partial charge on any atom is 0.409 e. The van der Waals surface area contributed by atoms with Gasteiger partial charge in [0.2, 0.25) is 11.7 Å². The van der Waals surface area contributed by atoms with Crippen LogP contribution < -0.4 is 5.32 Å². The van der Waals surface area contributed by atoms with Crippen LogP contribution in [0.1, 0.15) is 46.3 Å². The number of imidazole rings is 1. The lowest BCUT2D eigenvalue weighted by molar-refractivity contribution is 0.0804. The number of anilines is 1. The molecule has 1 saturated heterocycles. The largest absolute Gasteiger partial charge is 0.453 e. The Bertz CT molecular complexity index is 1650. The summed E-state index contributed by atoms with van der Waals surface area (Å²) in [6.45, 7) is 3.26. The van der Waals surface area contributed by atoms with Crippen molar-refractivity contribution in [2.75, 3.05) is 32.2 Å². The second kappa shape index (κ2) is 10.7. The number of nitrogens with one attached hydrogen (secondary N) is 1. The standard InChI is InChI=1S/C27H27N9O4/c1-16-6-8-18(24-32-26(40-34-24)19-13-35(14-19)27(38)39-2)10-20(16)31-25(37)21-11-28-23-9-7-17(12-36(21)23)4-3-5-22-29-15-30-33-22/h6-12,19H,3-5,13-15H2,1-2H3,(H,31,37). The van der Waals surface area contributed by atoms with Crippen LogP contribution in [0.25, 0.3) is 17.0 Å². The van der Waals surface area contributed by atoms with Crippen molar-refractivity contribution in [1.29, 1.82) is 0 Å². The molecule has 0 atom stereocenters. The molecule has 5 heterocycles. The second-order valence-corrected chi connectivity index (χ2v) is 9.73. The Morgan fingerprint density at radius 1 is 1.18 bits per heavy atom. The zero-order valence-corrected chi connectivity index (χ0v) is 22.1. The fourth-order valence-corrected chi connectivity index (χ4v) is 4.69. The maximum atomic E-state index is 13.3. The van der Waals surface area contributed by atoms with E-state index in [1.165, 1.54) is 7.11 Å². The molecule has 2 amide bonds. The average Bonchev–Trinajstić information content (AvgIpc) is 3.70. The number of benzene rings is 1. The van der Waals surface area contributed by atoms with Crippen LogP contribution in [0, 0.1) is 6.92 Å². The second-order valence-electron chi connectivity index (χ2n) is 9.73. The summed E-state index contributed by atoms with van der Waals surface area (Å²) in [5.74, 6) is 1.34. The number of nitrogens with zero attached hydrogens (tertiary/aromatic N) is 8. The van der Waals surface area contributed by atoms with Crippen molar-refractivity contribution in [3.05, 3.63) is 65.4 Å². The monoisotopic (exact) mass is 541 g/mol. The van der Waals surface area contributed by atoms with Gasteiger partial charge in [0.05, 0.1) is 19.2 Å². The highest BCUT2D eigenvalue weighted by Crippen LogP contribution is 2.29. The summed E-state index contributed by atoms with van der Waals surface area (Å²) in [6.07, 6.45) is 5.61. The van der Waals surface area contributed by atoms with Gasteiger partial charge in [0.15, 0.2) is 6.67 Å².